The molecular formula is C21H18FNO2S. The van der Waals surface area contributed by atoms with Gasteiger partial charge in [0.05, 0.1) is 12.3 Å². The van der Waals surface area contributed by atoms with Crippen molar-refractivity contribution in [3.63, 3.8) is 0 Å². The lowest BCUT2D eigenvalue weighted by molar-refractivity contribution is -0.116. The molecule has 2 heterocycles. The van der Waals surface area contributed by atoms with Crippen molar-refractivity contribution in [3.8, 4) is 16.9 Å². The summed E-state index contributed by atoms with van der Waals surface area (Å²) in [5, 5.41) is 4.87. The molecule has 1 unspecified atom stereocenters. The van der Waals surface area contributed by atoms with E-state index in [1.54, 1.807) is 29.5 Å². The number of hydrogen-bond donors (Lipinski definition) is 1. The van der Waals surface area contributed by atoms with Crippen molar-refractivity contribution < 1.29 is 13.9 Å². The zero-order valence-corrected chi connectivity index (χ0v) is 15.1. The monoisotopic (exact) mass is 367 g/mol. The van der Waals surface area contributed by atoms with Crippen LogP contribution in [0.5, 0.6) is 5.75 Å². The summed E-state index contributed by atoms with van der Waals surface area (Å²) in [6.45, 7) is 2.50. The maximum atomic E-state index is 14.3. The standard InChI is InChI=1S/C21H18FNO2S/c1-2-25-18-10-6-4-8-14(18)15-11-19(24)23-20-16(12-26-21(15)20)13-7-3-5-9-17(13)22/h3-10,12,15H,2,11H2,1H3,(H,23,24). The third-order valence-corrected chi connectivity index (χ3v) is 5.64. The van der Waals surface area contributed by atoms with Crippen molar-refractivity contribution in [1.82, 2.24) is 0 Å². The van der Waals surface area contributed by atoms with Crippen molar-refractivity contribution in [2.24, 2.45) is 0 Å². The summed E-state index contributed by atoms with van der Waals surface area (Å²) in [5.74, 6) is 0.345. The van der Waals surface area contributed by atoms with Crippen molar-refractivity contribution >= 4 is 22.9 Å². The smallest absolute Gasteiger partial charge is 0.225 e. The Labute approximate surface area is 155 Å². The van der Waals surface area contributed by atoms with Crippen LogP contribution in [0, 0.1) is 5.82 Å². The van der Waals surface area contributed by atoms with Gasteiger partial charge in [0.15, 0.2) is 0 Å². The first kappa shape index (κ1) is 16.8. The fourth-order valence-electron chi connectivity index (χ4n) is 3.41. The highest BCUT2D eigenvalue weighted by Crippen LogP contribution is 2.48. The minimum absolute atomic E-state index is 0.0650. The minimum Gasteiger partial charge on any atom is -0.494 e. The topological polar surface area (TPSA) is 38.3 Å². The molecule has 1 N–H and O–H groups in total. The summed E-state index contributed by atoms with van der Waals surface area (Å²) in [4.78, 5) is 13.4. The van der Waals surface area contributed by atoms with E-state index in [0.717, 1.165) is 21.8 Å². The van der Waals surface area contributed by atoms with Crippen LogP contribution in [0.1, 0.15) is 29.7 Å². The average Bonchev–Trinajstić information content (AvgIpc) is 3.06. The van der Waals surface area contributed by atoms with Gasteiger partial charge in [-0.3, -0.25) is 4.79 Å². The molecular weight excluding hydrogens is 349 g/mol. The Balaban J connectivity index is 1.84. The molecule has 4 rings (SSSR count). The molecule has 3 nitrogen and oxygen atoms in total. The fraction of sp³-hybridized carbons (Fsp3) is 0.190. The van der Waals surface area contributed by atoms with Crippen molar-refractivity contribution in [3.05, 3.63) is 70.2 Å². The second-order valence-electron chi connectivity index (χ2n) is 6.14. The molecule has 1 aliphatic rings. The van der Waals surface area contributed by atoms with E-state index in [4.69, 9.17) is 4.74 Å². The summed E-state index contributed by atoms with van der Waals surface area (Å²) in [5.41, 5.74) is 2.94. The zero-order chi connectivity index (χ0) is 18.1. The van der Waals surface area contributed by atoms with E-state index in [0.29, 0.717) is 24.3 Å². The highest BCUT2D eigenvalue weighted by Gasteiger charge is 2.32. The first-order valence-electron chi connectivity index (χ1n) is 8.57. The van der Waals surface area contributed by atoms with Gasteiger partial charge in [-0.1, -0.05) is 36.4 Å². The molecule has 1 atom stereocenters. The van der Waals surface area contributed by atoms with Crippen molar-refractivity contribution in [2.45, 2.75) is 19.3 Å². The highest BCUT2D eigenvalue weighted by atomic mass is 32.1. The zero-order valence-electron chi connectivity index (χ0n) is 14.3. The Morgan fingerprint density at radius 3 is 2.73 bits per heavy atom. The predicted octanol–water partition coefficient (Wildman–Crippen LogP) is 5.43. The first-order chi connectivity index (χ1) is 12.7. The molecule has 0 saturated carbocycles. The number of thiophene rings is 1. The number of ether oxygens (including phenoxy) is 1. The van der Waals surface area contributed by atoms with E-state index in [9.17, 15) is 9.18 Å². The number of halogens is 1. The van der Waals surface area contributed by atoms with Crippen LogP contribution in [0.3, 0.4) is 0 Å². The van der Waals surface area contributed by atoms with Gasteiger partial charge in [0.1, 0.15) is 11.6 Å². The molecule has 132 valence electrons. The highest BCUT2D eigenvalue weighted by molar-refractivity contribution is 7.11. The maximum absolute atomic E-state index is 14.3. The molecule has 0 saturated heterocycles. The lowest BCUT2D eigenvalue weighted by Crippen LogP contribution is -2.22. The number of para-hydroxylation sites is 1. The largest absolute Gasteiger partial charge is 0.494 e. The van der Waals surface area contributed by atoms with Crippen LogP contribution < -0.4 is 10.1 Å². The number of amides is 1. The lowest BCUT2D eigenvalue weighted by atomic mass is 9.88. The minimum atomic E-state index is -0.292. The Bertz CT molecular complexity index is 966. The third kappa shape index (κ3) is 2.88. The van der Waals surface area contributed by atoms with Crippen LogP contribution in [-0.2, 0) is 4.79 Å². The summed E-state index contributed by atoms with van der Waals surface area (Å²) in [7, 11) is 0. The van der Waals surface area contributed by atoms with E-state index in [1.165, 1.54) is 6.07 Å². The number of anilines is 1. The molecule has 5 heteroatoms. The molecule has 1 amide bonds. The summed E-state index contributed by atoms with van der Waals surface area (Å²) < 4.78 is 20.0. The summed E-state index contributed by atoms with van der Waals surface area (Å²) >= 11 is 1.55. The number of nitrogens with one attached hydrogen (secondary N) is 1. The van der Waals surface area contributed by atoms with E-state index < -0.39 is 0 Å². The Hall–Kier alpha value is -2.66. The maximum Gasteiger partial charge on any atom is 0.225 e. The quantitative estimate of drug-likeness (QED) is 0.668. The van der Waals surface area contributed by atoms with Gasteiger partial charge in [0.2, 0.25) is 5.91 Å². The van der Waals surface area contributed by atoms with E-state index in [1.807, 2.05) is 36.6 Å². The molecule has 2 aromatic carbocycles. The molecule has 0 fully saturated rings. The van der Waals surface area contributed by atoms with Crippen LogP contribution in [-0.4, -0.2) is 12.5 Å². The van der Waals surface area contributed by atoms with Gasteiger partial charge in [-0.15, -0.1) is 11.3 Å². The second kappa shape index (κ2) is 6.92. The van der Waals surface area contributed by atoms with Gasteiger partial charge in [-0.05, 0) is 19.1 Å². The van der Waals surface area contributed by atoms with Crippen molar-refractivity contribution in [1.29, 1.82) is 0 Å². The Kier molecular flexibility index (Phi) is 4.47. The fourth-order valence-corrected chi connectivity index (χ4v) is 4.55. The molecule has 0 spiro atoms. The van der Waals surface area contributed by atoms with Gasteiger partial charge in [-0.25, -0.2) is 4.39 Å². The molecule has 1 aliphatic heterocycles. The number of hydrogen-bond acceptors (Lipinski definition) is 3. The third-order valence-electron chi connectivity index (χ3n) is 4.55. The number of carbonyl (C=O) groups is 1. The number of carbonyl (C=O) groups excluding carboxylic acids is 1. The number of rotatable bonds is 4. The number of benzene rings is 2. The van der Waals surface area contributed by atoms with Crippen molar-refractivity contribution in [2.75, 3.05) is 11.9 Å². The summed E-state index contributed by atoms with van der Waals surface area (Å²) in [6, 6.07) is 14.4. The molecule has 0 bridgehead atoms. The number of fused-ring (bicyclic) bond motifs is 1. The van der Waals surface area contributed by atoms with E-state index in [-0.39, 0.29) is 17.6 Å². The van der Waals surface area contributed by atoms with Crippen LogP contribution >= 0.6 is 11.3 Å². The average molecular weight is 367 g/mol. The molecule has 0 radical (unpaired) electrons. The summed E-state index contributed by atoms with van der Waals surface area (Å²) in [6.07, 6.45) is 0.355. The van der Waals surface area contributed by atoms with Gasteiger partial charge in [0, 0.05) is 39.3 Å². The predicted molar refractivity (Wildman–Crippen MR) is 102 cm³/mol. The van der Waals surface area contributed by atoms with Crippen LogP contribution in [0.4, 0.5) is 10.1 Å². The molecule has 3 aromatic rings. The van der Waals surface area contributed by atoms with Gasteiger partial charge in [0.25, 0.3) is 0 Å². The first-order valence-corrected chi connectivity index (χ1v) is 9.45. The van der Waals surface area contributed by atoms with Crippen LogP contribution in [0.2, 0.25) is 0 Å². The van der Waals surface area contributed by atoms with Crippen LogP contribution in [0.25, 0.3) is 11.1 Å². The van der Waals surface area contributed by atoms with Gasteiger partial charge >= 0.3 is 0 Å². The second-order valence-corrected chi connectivity index (χ2v) is 7.06. The Morgan fingerprint density at radius 2 is 1.92 bits per heavy atom. The lowest BCUT2D eigenvalue weighted by Gasteiger charge is -2.25. The Morgan fingerprint density at radius 1 is 1.15 bits per heavy atom. The van der Waals surface area contributed by atoms with Crippen LogP contribution in [0.15, 0.2) is 53.9 Å². The molecule has 1 aromatic heterocycles. The van der Waals surface area contributed by atoms with Gasteiger partial charge in [-0.2, -0.15) is 0 Å². The SMILES string of the molecule is CCOc1ccccc1C1CC(=O)Nc2c(-c3ccccc3F)csc21. The van der Waals surface area contributed by atoms with E-state index >= 15 is 0 Å². The van der Waals surface area contributed by atoms with Gasteiger partial charge < -0.3 is 10.1 Å². The van der Waals surface area contributed by atoms with E-state index in [2.05, 4.69) is 5.32 Å². The molecule has 26 heavy (non-hydrogen) atoms. The molecule has 0 aliphatic carbocycles. The normalized spacial score (nSPS) is 16.1.